The minimum Gasteiger partial charge on any atom is -0.380 e. The van der Waals surface area contributed by atoms with Crippen molar-refractivity contribution in [3.63, 3.8) is 0 Å². The van der Waals surface area contributed by atoms with Gasteiger partial charge in [0.15, 0.2) is 0 Å². The molecule has 4 amide bonds. The van der Waals surface area contributed by atoms with Gasteiger partial charge in [-0.1, -0.05) is 0 Å². The van der Waals surface area contributed by atoms with Gasteiger partial charge in [0, 0.05) is 32.7 Å². The average Bonchev–Trinajstić information content (AvgIpc) is 3.07. The third-order valence-electron chi connectivity index (χ3n) is 4.72. The van der Waals surface area contributed by atoms with Gasteiger partial charge in [0.1, 0.15) is 12.1 Å². The Morgan fingerprint density at radius 2 is 1.86 bits per heavy atom. The second kappa shape index (κ2) is 4.98. The molecule has 3 unspecified atom stereocenters. The van der Waals surface area contributed by atoms with E-state index in [4.69, 9.17) is 4.74 Å². The van der Waals surface area contributed by atoms with Crippen LogP contribution in [-0.4, -0.2) is 77.0 Å². The maximum absolute atomic E-state index is 12.5. The van der Waals surface area contributed by atoms with E-state index in [-0.39, 0.29) is 30.0 Å². The topological polar surface area (TPSA) is 70.2 Å². The summed E-state index contributed by atoms with van der Waals surface area (Å²) in [6.45, 7) is 4.91. The van der Waals surface area contributed by atoms with Crippen LogP contribution in [0.25, 0.3) is 0 Å². The number of imide groups is 1. The number of hydrogen-bond donors (Lipinski definition) is 0. The van der Waals surface area contributed by atoms with Crippen molar-refractivity contribution in [3.05, 3.63) is 0 Å². The predicted molar refractivity (Wildman–Crippen MR) is 73.4 cm³/mol. The van der Waals surface area contributed by atoms with Crippen LogP contribution < -0.4 is 0 Å². The minimum atomic E-state index is -0.626. The molecule has 7 heteroatoms. The van der Waals surface area contributed by atoms with Crippen molar-refractivity contribution in [1.82, 2.24) is 14.7 Å². The number of likely N-dealkylation sites (tertiary alicyclic amines) is 1. The summed E-state index contributed by atoms with van der Waals surface area (Å²) in [6.07, 6.45) is 0.964. The van der Waals surface area contributed by atoms with E-state index >= 15 is 0 Å². The first kappa shape index (κ1) is 14.3. The van der Waals surface area contributed by atoms with Crippen molar-refractivity contribution >= 4 is 17.8 Å². The molecule has 0 aromatic carbocycles. The Bertz CT molecular complexity index is 469. The largest absolute Gasteiger partial charge is 0.380 e. The normalized spacial score (nSPS) is 32.9. The van der Waals surface area contributed by atoms with Crippen molar-refractivity contribution in [2.75, 3.05) is 20.2 Å². The van der Waals surface area contributed by atoms with E-state index in [9.17, 15) is 14.4 Å². The molecule has 116 valence electrons. The number of rotatable bonds is 3. The van der Waals surface area contributed by atoms with Crippen molar-refractivity contribution in [1.29, 1.82) is 0 Å². The molecule has 3 heterocycles. The molecule has 0 saturated carbocycles. The molecule has 3 saturated heterocycles. The van der Waals surface area contributed by atoms with Crippen LogP contribution in [0, 0.1) is 0 Å². The fraction of sp³-hybridized carbons (Fsp3) is 0.786. The zero-order chi connectivity index (χ0) is 15.3. The van der Waals surface area contributed by atoms with Crippen molar-refractivity contribution in [2.24, 2.45) is 0 Å². The Morgan fingerprint density at radius 3 is 2.38 bits per heavy atom. The maximum Gasteiger partial charge on any atom is 0.328 e. The van der Waals surface area contributed by atoms with Crippen LogP contribution in [0.2, 0.25) is 0 Å². The second-order valence-electron chi connectivity index (χ2n) is 6.18. The highest BCUT2D eigenvalue weighted by Gasteiger charge is 2.55. The van der Waals surface area contributed by atoms with Crippen LogP contribution >= 0.6 is 0 Å². The Morgan fingerprint density at radius 1 is 1.14 bits per heavy atom. The van der Waals surface area contributed by atoms with Gasteiger partial charge < -0.3 is 14.5 Å². The molecule has 21 heavy (non-hydrogen) atoms. The van der Waals surface area contributed by atoms with E-state index in [1.54, 1.807) is 16.9 Å². The SMILES string of the molecule is COC1CC2C(=O)N(C3CCN(C(C)C)C3=O)C(=O)N2C1. The van der Waals surface area contributed by atoms with Gasteiger partial charge in [-0.2, -0.15) is 0 Å². The number of urea groups is 1. The smallest absolute Gasteiger partial charge is 0.328 e. The summed E-state index contributed by atoms with van der Waals surface area (Å²) >= 11 is 0. The highest BCUT2D eigenvalue weighted by atomic mass is 16.5. The number of fused-ring (bicyclic) bond motifs is 1. The second-order valence-corrected chi connectivity index (χ2v) is 6.18. The third-order valence-corrected chi connectivity index (χ3v) is 4.72. The van der Waals surface area contributed by atoms with E-state index < -0.39 is 12.1 Å². The van der Waals surface area contributed by atoms with Crippen LogP contribution in [0.3, 0.4) is 0 Å². The number of methoxy groups -OCH3 is 1. The Kier molecular flexibility index (Phi) is 3.39. The van der Waals surface area contributed by atoms with E-state index in [1.165, 1.54) is 4.90 Å². The summed E-state index contributed by atoms with van der Waals surface area (Å²) in [5, 5.41) is 0. The lowest BCUT2D eigenvalue weighted by Gasteiger charge is -2.24. The molecule has 3 aliphatic rings. The van der Waals surface area contributed by atoms with Gasteiger partial charge in [-0.25, -0.2) is 9.69 Å². The first-order chi connectivity index (χ1) is 9.95. The molecule has 3 aliphatic heterocycles. The van der Waals surface area contributed by atoms with Gasteiger partial charge >= 0.3 is 6.03 Å². The zero-order valence-electron chi connectivity index (χ0n) is 12.6. The molecule has 0 bridgehead atoms. The summed E-state index contributed by atoms with van der Waals surface area (Å²) in [6, 6.07) is -1.33. The van der Waals surface area contributed by atoms with E-state index in [0.717, 1.165) is 0 Å². The number of carbonyl (C=O) groups excluding carboxylic acids is 3. The van der Waals surface area contributed by atoms with Crippen LogP contribution in [0.4, 0.5) is 4.79 Å². The fourth-order valence-electron chi connectivity index (χ4n) is 3.53. The molecular formula is C14H21N3O4. The van der Waals surface area contributed by atoms with Gasteiger partial charge in [-0.3, -0.25) is 9.59 Å². The Labute approximate surface area is 123 Å². The zero-order valence-corrected chi connectivity index (χ0v) is 12.6. The first-order valence-electron chi connectivity index (χ1n) is 7.42. The maximum atomic E-state index is 12.5. The molecule has 3 fully saturated rings. The molecule has 3 rings (SSSR count). The first-order valence-corrected chi connectivity index (χ1v) is 7.42. The highest BCUT2D eigenvalue weighted by molar-refractivity contribution is 6.08. The van der Waals surface area contributed by atoms with Gasteiger partial charge in [0.2, 0.25) is 5.91 Å². The molecule has 3 atom stereocenters. The van der Waals surface area contributed by atoms with E-state index in [2.05, 4.69) is 0 Å². The summed E-state index contributed by atoms with van der Waals surface area (Å²) < 4.78 is 5.23. The summed E-state index contributed by atoms with van der Waals surface area (Å²) in [5.41, 5.74) is 0. The minimum absolute atomic E-state index is 0.0866. The number of amides is 4. The molecule has 0 aromatic heterocycles. The van der Waals surface area contributed by atoms with Crippen molar-refractivity contribution in [2.45, 2.75) is 50.9 Å². The van der Waals surface area contributed by atoms with Gasteiger partial charge in [-0.15, -0.1) is 0 Å². The van der Waals surface area contributed by atoms with Crippen LogP contribution in [0.15, 0.2) is 0 Å². The molecule has 7 nitrogen and oxygen atoms in total. The summed E-state index contributed by atoms with van der Waals surface area (Å²) in [7, 11) is 1.58. The Balaban J connectivity index is 1.78. The monoisotopic (exact) mass is 295 g/mol. The van der Waals surface area contributed by atoms with Gasteiger partial charge in [0.05, 0.1) is 6.10 Å². The molecule has 0 aromatic rings. The Hall–Kier alpha value is -1.63. The van der Waals surface area contributed by atoms with Crippen LogP contribution in [-0.2, 0) is 14.3 Å². The average molecular weight is 295 g/mol. The van der Waals surface area contributed by atoms with Crippen molar-refractivity contribution < 1.29 is 19.1 Å². The van der Waals surface area contributed by atoms with E-state index in [1.807, 2.05) is 13.8 Å². The van der Waals surface area contributed by atoms with Gasteiger partial charge in [-0.05, 0) is 20.3 Å². The molecule has 0 aliphatic carbocycles. The number of ether oxygens (including phenoxy) is 1. The molecule has 0 N–H and O–H groups in total. The molecule has 0 radical (unpaired) electrons. The standard InChI is InChI=1S/C14H21N3O4/c1-8(2)15-5-4-10(12(15)18)17-13(19)11-6-9(21-3)7-16(11)14(17)20/h8-11H,4-7H2,1-3H3. The van der Waals surface area contributed by atoms with Gasteiger partial charge in [0.25, 0.3) is 5.91 Å². The quantitative estimate of drug-likeness (QED) is 0.690. The number of nitrogens with zero attached hydrogens (tertiary/aromatic N) is 3. The van der Waals surface area contributed by atoms with Crippen LogP contribution in [0.1, 0.15) is 26.7 Å². The van der Waals surface area contributed by atoms with Crippen LogP contribution in [0.5, 0.6) is 0 Å². The molecular weight excluding hydrogens is 274 g/mol. The lowest BCUT2D eigenvalue weighted by Crippen LogP contribution is -2.47. The summed E-state index contributed by atoms with van der Waals surface area (Å²) in [4.78, 5) is 41.8. The summed E-state index contributed by atoms with van der Waals surface area (Å²) in [5.74, 6) is -0.361. The fourth-order valence-corrected chi connectivity index (χ4v) is 3.53. The number of hydrogen-bond acceptors (Lipinski definition) is 4. The predicted octanol–water partition coefficient (Wildman–Crippen LogP) is 0.0472. The molecule has 0 spiro atoms. The highest BCUT2D eigenvalue weighted by Crippen LogP contribution is 2.32. The van der Waals surface area contributed by atoms with Crippen molar-refractivity contribution in [3.8, 4) is 0 Å². The lowest BCUT2D eigenvalue weighted by molar-refractivity contribution is -0.139. The number of carbonyl (C=O) groups is 3. The third kappa shape index (κ3) is 2.02. The van der Waals surface area contributed by atoms with E-state index in [0.29, 0.717) is 25.9 Å². The lowest BCUT2D eigenvalue weighted by atomic mass is 10.1.